The molecule has 2 aromatic heterocycles. The smallest absolute Gasteiger partial charge is 0.225 e. The molecule has 0 radical (unpaired) electrons. The molecule has 0 atom stereocenters. The highest BCUT2D eigenvalue weighted by Gasteiger charge is 2.04. The van der Waals surface area contributed by atoms with Crippen LogP contribution in [0.25, 0.3) is 0 Å². The van der Waals surface area contributed by atoms with Crippen LogP contribution in [0.2, 0.25) is 0 Å². The lowest BCUT2D eigenvalue weighted by molar-refractivity contribution is 0.828. The summed E-state index contributed by atoms with van der Waals surface area (Å²) < 4.78 is 0. The molecule has 0 bridgehead atoms. The van der Waals surface area contributed by atoms with Crippen molar-refractivity contribution in [1.29, 1.82) is 0 Å². The molecule has 5 N–H and O–H groups in total. The van der Waals surface area contributed by atoms with Gasteiger partial charge >= 0.3 is 0 Å². The quantitative estimate of drug-likeness (QED) is 0.689. The van der Waals surface area contributed by atoms with Gasteiger partial charge in [-0.2, -0.15) is 15.0 Å². The average Bonchev–Trinajstić information content (AvgIpc) is 2.73. The minimum absolute atomic E-state index is 0.159. The largest absolute Gasteiger partial charge is 0.368 e. The van der Waals surface area contributed by atoms with E-state index in [1.54, 1.807) is 0 Å². The number of aryl methyl sites for hydroxylation is 3. The van der Waals surface area contributed by atoms with Crippen molar-refractivity contribution in [2.75, 3.05) is 11.5 Å². The second kappa shape index (κ2) is 4.77. The topological polar surface area (TPSA) is 119 Å². The van der Waals surface area contributed by atoms with Crippen molar-refractivity contribution < 1.29 is 0 Å². The minimum Gasteiger partial charge on any atom is -0.368 e. The number of nitrogens with two attached hydrogens (primary N) is 2. The molecule has 2 heterocycles. The number of H-pyrrole nitrogens is 1. The van der Waals surface area contributed by atoms with Gasteiger partial charge in [0, 0.05) is 24.7 Å². The summed E-state index contributed by atoms with van der Waals surface area (Å²) in [7, 11) is 0. The van der Waals surface area contributed by atoms with E-state index in [-0.39, 0.29) is 11.9 Å². The third-order valence-corrected chi connectivity index (χ3v) is 2.35. The lowest BCUT2D eigenvalue weighted by atomic mass is 10.2. The van der Waals surface area contributed by atoms with Crippen LogP contribution in [0.3, 0.4) is 0 Å². The van der Waals surface area contributed by atoms with Crippen molar-refractivity contribution in [2.45, 2.75) is 26.2 Å². The highest BCUT2D eigenvalue weighted by Crippen LogP contribution is 2.05. The van der Waals surface area contributed by atoms with Crippen molar-refractivity contribution in [1.82, 2.24) is 24.9 Å². The summed E-state index contributed by atoms with van der Waals surface area (Å²) in [6.45, 7) is 2.05. The van der Waals surface area contributed by atoms with Gasteiger partial charge in [-0.25, -0.2) is 4.98 Å². The van der Waals surface area contributed by atoms with Crippen LogP contribution < -0.4 is 11.5 Å². The zero-order valence-electron chi connectivity index (χ0n) is 9.64. The number of nitrogen functional groups attached to an aromatic ring is 2. The van der Waals surface area contributed by atoms with Crippen LogP contribution >= 0.6 is 0 Å². The van der Waals surface area contributed by atoms with Gasteiger partial charge in [0.15, 0.2) is 0 Å². The normalized spacial score (nSPS) is 10.6. The first-order chi connectivity index (χ1) is 8.17. The lowest BCUT2D eigenvalue weighted by Crippen LogP contribution is -2.07. The van der Waals surface area contributed by atoms with E-state index in [1.165, 1.54) is 0 Å². The van der Waals surface area contributed by atoms with Crippen LogP contribution in [0, 0.1) is 0 Å². The third-order valence-electron chi connectivity index (χ3n) is 2.35. The number of aromatic amines is 1. The number of hydrogen-bond acceptors (Lipinski definition) is 6. The van der Waals surface area contributed by atoms with Gasteiger partial charge in [0.05, 0.1) is 0 Å². The molecule has 7 nitrogen and oxygen atoms in total. The molecule has 0 saturated carbocycles. The van der Waals surface area contributed by atoms with Gasteiger partial charge in [0.25, 0.3) is 0 Å². The molecule has 17 heavy (non-hydrogen) atoms. The summed E-state index contributed by atoms with van der Waals surface area (Å²) in [6, 6.07) is 0. The van der Waals surface area contributed by atoms with Gasteiger partial charge in [-0.3, -0.25) is 0 Å². The van der Waals surface area contributed by atoms with Crippen molar-refractivity contribution in [2.24, 2.45) is 0 Å². The molecule has 7 heteroatoms. The highest BCUT2D eigenvalue weighted by molar-refractivity contribution is 5.26. The fourth-order valence-electron chi connectivity index (χ4n) is 1.53. The first-order valence-corrected chi connectivity index (χ1v) is 5.46. The lowest BCUT2D eigenvalue weighted by Gasteiger charge is -2.00. The van der Waals surface area contributed by atoms with E-state index in [9.17, 15) is 0 Å². The molecule has 0 fully saturated rings. The van der Waals surface area contributed by atoms with Crippen molar-refractivity contribution >= 4 is 11.9 Å². The molecule has 0 spiro atoms. The number of nitrogens with zero attached hydrogens (tertiary/aromatic N) is 4. The summed E-state index contributed by atoms with van der Waals surface area (Å²) in [6.07, 6.45) is 4.15. The molecule has 90 valence electrons. The Kier molecular flexibility index (Phi) is 3.17. The van der Waals surface area contributed by atoms with Crippen LogP contribution in [0.5, 0.6) is 0 Å². The first kappa shape index (κ1) is 11.3. The molecule has 0 amide bonds. The second-order valence-corrected chi connectivity index (χ2v) is 3.68. The molecular formula is C10H15N7. The maximum absolute atomic E-state index is 5.49. The molecule has 0 unspecified atom stereocenters. The van der Waals surface area contributed by atoms with Gasteiger partial charge in [0.1, 0.15) is 11.6 Å². The molecule has 0 aliphatic rings. The predicted octanol–water partition coefficient (Wildman–Crippen LogP) is 0.107. The number of nitrogens with one attached hydrogen (secondary N) is 1. The van der Waals surface area contributed by atoms with E-state index >= 15 is 0 Å². The summed E-state index contributed by atoms with van der Waals surface area (Å²) in [5.41, 5.74) is 12.0. The van der Waals surface area contributed by atoms with Crippen LogP contribution in [0.1, 0.15) is 24.3 Å². The maximum atomic E-state index is 5.49. The Morgan fingerprint density at radius 3 is 2.41 bits per heavy atom. The first-order valence-electron chi connectivity index (χ1n) is 5.46. The number of anilines is 2. The molecule has 0 aliphatic carbocycles. The van der Waals surface area contributed by atoms with Gasteiger partial charge in [0.2, 0.25) is 11.9 Å². The fourth-order valence-corrected chi connectivity index (χ4v) is 1.53. The van der Waals surface area contributed by atoms with E-state index < -0.39 is 0 Å². The standard InChI is InChI=1S/C10H15N7/c1-2-7-13-5-6(14-7)3-4-8-15-9(11)17-10(12)16-8/h5H,2-4H2,1H3,(H,13,14)(H4,11,12,15,16,17). The number of aromatic nitrogens is 5. The van der Waals surface area contributed by atoms with E-state index in [0.29, 0.717) is 12.2 Å². The SMILES string of the molecule is CCc1ncc(CCc2nc(N)nc(N)n2)[nH]1. The molecular weight excluding hydrogens is 218 g/mol. The summed E-state index contributed by atoms with van der Waals surface area (Å²) in [5.74, 6) is 1.90. The van der Waals surface area contributed by atoms with Crippen LogP contribution in [-0.2, 0) is 19.3 Å². The zero-order chi connectivity index (χ0) is 12.3. The molecule has 0 saturated heterocycles. The Hall–Kier alpha value is -2.18. The number of hydrogen-bond donors (Lipinski definition) is 3. The average molecular weight is 233 g/mol. The van der Waals surface area contributed by atoms with Crippen molar-refractivity contribution in [3.63, 3.8) is 0 Å². The van der Waals surface area contributed by atoms with Crippen molar-refractivity contribution in [3.05, 3.63) is 23.5 Å². The van der Waals surface area contributed by atoms with E-state index in [1.807, 2.05) is 6.20 Å². The van der Waals surface area contributed by atoms with E-state index in [2.05, 4.69) is 31.8 Å². The summed E-state index contributed by atoms with van der Waals surface area (Å²) in [4.78, 5) is 19.2. The minimum atomic E-state index is 0.159. The zero-order valence-corrected chi connectivity index (χ0v) is 9.64. The Morgan fingerprint density at radius 2 is 1.82 bits per heavy atom. The Bertz CT molecular complexity index is 485. The monoisotopic (exact) mass is 233 g/mol. The predicted molar refractivity (Wildman–Crippen MR) is 64.0 cm³/mol. The molecule has 2 aromatic rings. The van der Waals surface area contributed by atoms with Gasteiger partial charge in [-0.15, -0.1) is 0 Å². The maximum Gasteiger partial charge on any atom is 0.225 e. The van der Waals surface area contributed by atoms with E-state index in [4.69, 9.17) is 11.5 Å². The molecule has 0 aliphatic heterocycles. The van der Waals surface area contributed by atoms with Crippen LogP contribution in [0.15, 0.2) is 6.20 Å². The number of imidazole rings is 1. The Labute approximate surface area is 98.7 Å². The van der Waals surface area contributed by atoms with Gasteiger partial charge in [-0.05, 0) is 6.42 Å². The van der Waals surface area contributed by atoms with Crippen LogP contribution in [0.4, 0.5) is 11.9 Å². The second-order valence-electron chi connectivity index (χ2n) is 3.68. The fraction of sp³-hybridized carbons (Fsp3) is 0.400. The molecule has 0 aromatic carbocycles. The van der Waals surface area contributed by atoms with Crippen molar-refractivity contribution in [3.8, 4) is 0 Å². The van der Waals surface area contributed by atoms with Gasteiger partial charge in [-0.1, -0.05) is 6.92 Å². The summed E-state index contributed by atoms with van der Waals surface area (Å²) >= 11 is 0. The van der Waals surface area contributed by atoms with E-state index in [0.717, 1.165) is 24.4 Å². The third kappa shape index (κ3) is 2.90. The highest BCUT2D eigenvalue weighted by atomic mass is 15.1. The van der Waals surface area contributed by atoms with Gasteiger partial charge < -0.3 is 16.5 Å². The Morgan fingerprint density at radius 1 is 1.12 bits per heavy atom. The van der Waals surface area contributed by atoms with Crippen LogP contribution in [-0.4, -0.2) is 24.9 Å². The number of rotatable bonds is 4. The molecule has 2 rings (SSSR count). The summed E-state index contributed by atoms with van der Waals surface area (Å²) in [5, 5.41) is 0. The Balaban J connectivity index is 2.01.